The van der Waals surface area contributed by atoms with Crippen LogP contribution in [-0.4, -0.2) is 22.0 Å². The smallest absolute Gasteiger partial charge is 0.389 e. The van der Waals surface area contributed by atoms with Crippen LogP contribution in [0.15, 0.2) is 18.2 Å². The first-order chi connectivity index (χ1) is 9.71. The lowest BCUT2D eigenvalue weighted by atomic mass is 10.0. The van der Waals surface area contributed by atoms with Crippen LogP contribution in [0.2, 0.25) is 0 Å². The molecule has 0 radical (unpaired) electrons. The van der Waals surface area contributed by atoms with Gasteiger partial charge in [-0.15, -0.1) is 0 Å². The number of benzene rings is 1. The second-order valence-electron chi connectivity index (χ2n) is 5.38. The van der Waals surface area contributed by atoms with Gasteiger partial charge >= 0.3 is 6.18 Å². The van der Waals surface area contributed by atoms with Crippen LogP contribution in [0.3, 0.4) is 0 Å². The maximum absolute atomic E-state index is 12.9. The molecule has 1 atom stereocenters. The highest BCUT2D eigenvalue weighted by Crippen LogP contribution is 2.38. The van der Waals surface area contributed by atoms with Gasteiger partial charge in [-0.05, 0) is 43.7 Å². The predicted molar refractivity (Wildman–Crippen MR) is 85.9 cm³/mol. The minimum atomic E-state index is -4.45. The summed E-state index contributed by atoms with van der Waals surface area (Å²) in [4.78, 5) is -0.243. The molecule has 3 N–H and O–H groups in total. The van der Waals surface area contributed by atoms with Gasteiger partial charge in [0.05, 0.1) is 5.56 Å². The van der Waals surface area contributed by atoms with E-state index >= 15 is 0 Å². The number of nitrogens with two attached hydrogens (primary N) is 1. The first-order valence-electron chi connectivity index (χ1n) is 6.60. The average molecular weight is 334 g/mol. The van der Waals surface area contributed by atoms with E-state index < -0.39 is 11.7 Å². The Bertz CT molecular complexity index is 538. The highest BCUT2D eigenvalue weighted by atomic mass is 32.2. The number of hydrogen-bond acceptors (Lipinski definition) is 3. The topological polar surface area (TPSA) is 38.0 Å². The summed E-state index contributed by atoms with van der Waals surface area (Å²) in [7, 11) is 0. The molecule has 116 valence electrons. The van der Waals surface area contributed by atoms with Gasteiger partial charge in [0.2, 0.25) is 0 Å². The van der Waals surface area contributed by atoms with Crippen molar-refractivity contribution in [2.45, 2.75) is 30.7 Å². The quantitative estimate of drug-likeness (QED) is 0.815. The van der Waals surface area contributed by atoms with Gasteiger partial charge in [0, 0.05) is 22.5 Å². The van der Waals surface area contributed by atoms with E-state index in [1.54, 1.807) is 0 Å². The Hall–Kier alpha value is -0.950. The summed E-state index contributed by atoms with van der Waals surface area (Å²) in [6.07, 6.45) is -2.17. The third kappa shape index (κ3) is 4.03. The van der Waals surface area contributed by atoms with Crippen molar-refractivity contribution in [3.63, 3.8) is 0 Å². The second-order valence-corrected chi connectivity index (χ2v) is 7.50. The molecule has 0 saturated carbocycles. The molecule has 0 bridgehead atoms. The van der Waals surface area contributed by atoms with Gasteiger partial charge in [-0.25, -0.2) is 0 Å². The number of halogens is 3. The van der Waals surface area contributed by atoms with Crippen molar-refractivity contribution in [1.82, 2.24) is 0 Å². The number of alkyl halides is 3. The molecule has 2 rings (SSSR count). The molecule has 0 amide bonds. The van der Waals surface area contributed by atoms with Crippen molar-refractivity contribution >= 4 is 34.7 Å². The zero-order valence-corrected chi connectivity index (χ0v) is 13.2. The third-order valence-corrected chi connectivity index (χ3v) is 5.32. The minimum Gasteiger partial charge on any atom is -0.389 e. The first-order valence-corrected chi connectivity index (χ1v) is 8.00. The van der Waals surface area contributed by atoms with Gasteiger partial charge in [-0.2, -0.15) is 24.9 Å². The van der Waals surface area contributed by atoms with Crippen molar-refractivity contribution in [2.75, 3.05) is 17.6 Å². The Morgan fingerprint density at radius 3 is 2.71 bits per heavy atom. The number of anilines is 1. The summed E-state index contributed by atoms with van der Waals surface area (Å²) in [6, 6.07) is 3.84. The lowest BCUT2D eigenvalue weighted by Gasteiger charge is -2.24. The van der Waals surface area contributed by atoms with Gasteiger partial charge in [0.15, 0.2) is 0 Å². The fourth-order valence-electron chi connectivity index (χ4n) is 2.37. The van der Waals surface area contributed by atoms with Crippen molar-refractivity contribution in [3.05, 3.63) is 29.3 Å². The standard InChI is InChI=1S/C14H17F3N2S2/c1-13(5-2-6-21-13)8-19-9-3-4-11(14(15,16)17)10(7-9)12(18)20/h3-4,7,19H,2,5-6,8H2,1H3,(H2,18,20). The number of nitrogens with one attached hydrogen (secondary N) is 1. The van der Waals surface area contributed by atoms with Gasteiger partial charge in [0.1, 0.15) is 4.99 Å². The highest BCUT2D eigenvalue weighted by Gasteiger charge is 2.34. The molecule has 0 spiro atoms. The summed E-state index contributed by atoms with van der Waals surface area (Å²) >= 11 is 6.63. The molecule has 1 aromatic rings. The van der Waals surface area contributed by atoms with E-state index in [9.17, 15) is 13.2 Å². The van der Waals surface area contributed by atoms with E-state index in [0.29, 0.717) is 12.2 Å². The Balaban J connectivity index is 2.18. The summed E-state index contributed by atoms with van der Waals surface area (Å²) in [6.45, 7) is 2.87. The largest absolute Gasteiger partial charge is 0.417 e. The summed E-state index contributed by atoms with van der Waals surface area (Å²) in [5, 5.41) is 3.20. The summed E-state index contributed by atoms with van der Waals surface area (Å²) < 4.78 is 38.8. The second kappa shape index (κ2) is 6.04. The molecule has 0 aliphatic carbocycles. The van der Waals surface area contributed by atoms with Gasteiger partial charge in [-0.1, -0.05) is 12.2 Å². The number of hydrogen-bond donors (Lipinski definition) is 2. The fraction of sp³-hybridized carbons (Fsp3) is 0.500. The lowest BCUT2D eigenvalue weighted by Crippen LogP contribution is -2.27. The predicted octanol–water partition coefficient (Wildman–Crippen LogP) is 4.04. The van der Waals surface area contributed by atoms with Crippen LogP contribution in [0.1, 0.15) is 30.9 Å². The molecule has 1 aliphatic rings. The molecule has 1 aromatic carbocycles. The van der Waals surface area contributed by atoms with E-state index in [1.165, 1.54) is 18.6 Å². The van der Waals surface area contributed by atoms with Crippen molar-refractivity contribution in [1.29, 1.82) is 0 Å². The average Bonchev–Trinajstić information content (AvgIpc) is 2.82. The van der Waals surface area contributed by atoms with E-state index in [-0.39, 0.29) is 15.3 Å². The van der Waals surface area contributed by atoms with Crippen molar-refractivity contribution < 1.29 is 13.2 Å². The zero-order valence-electron chi connectivity index (χ0n) is 11.6. The molecule has 21 heavy (non-hydrogen) atoms. The van der Waals surface area contributed by atoms with Crippen LogP contribution in [0, 0.1) is 0 Å². The van der Waals surface area contributed by atoms with Crippen molar-refractivity contribution in [3.8, 4) is 0 Å². The Labute approximate surface area is 131 Å². The van der Waals surface area contributed by atoms with Crippen LogP contribution in [0.4, 0.5) is 18.9 Å². The van der Waals surface area contributed by atoms with Gasteiger partial charge < -0.3 is 11.1 Å². The molecule has 2 nitrogen and oxygen atoms in total. The van der Waals surface area contributed by atoms with Crippen LogP contribution < -0.4 is 11.1 Å². The highest BCUT2D eigenvalue weighted by molar-refractivity contribution is 8.00. The molecule has 1 heterocycles. The first kappa shape index (κ1) is 16.4. The Morgan fingerprint density at radius 2 is 2.19 bits per heavy atom. The van der Waals surface area contributed by atoms with E-state index in [0.717, 1.165) is 18.2 Å². The monoisotopic (exact) mass is 334 g/mol. The maximum atomic E-state index is 12.9. The number of thiocarbonyl (C=S) groups is 1. The molecule has 0 aromatic heterocycles. The molecule has 7 heteroatoms. The summed E-state index contributed by atoms with van der Waals surface area (Å²) in [5.74, 6) is 1.13. The van der Waals surface area contributed by atoms with E-state index in [1.807, 2.05) is 11.8 Å². The lowest BCUT2D eigenvalue weighted by molar-refractivity contribution is -0.137. The molecule has 1 saturated heterocycles. The summed E-state index contributed by atoms with van der Waals surface area (Å²) in [5.41, 5.74) is 5.11. The van der Waals surface area contributed by atoms with Crippen LogP contribution >= 0.6 is 24.0 Å². The van der Waals surface area contributed by atoms with Crippen LogP contribution in [-0.2, 0) is 6.18 Å². The molecule has 1 unspecified atom stereocenters. The van der Waals surface area contributed by atoms with Crippen LogP contribution in [0.5, 0.6) is 0 Å². The zero-order chi connectivity index (χ0) is 15.7. The molecular formula is C14H17F3N2S2. The molecule has 1 aliphatic heterocycles. The third-order valence-electron chi connectivity index (χ3n) is 3.56. The van der Waals surface area contributed by atoms with E-state index in [4.69, 9.17) is 18.0 Å². The Morgan fingerprint density at radius 1 is 1.48 bits per heavy atom. The number of rotatable bonds is 4. The van der Waals surface area contributed by atoms with Gasteiger partial charge in [0.25, 0.3) is 0 Å². The number of thioether (sulfide) groups is 1. The van der Waals surface area contributed by atoms with Crippen molar-refractivity contribution in [2.24, 2.45) is 5.73 Å². The van der Waals surface area contributed by atoms with Crippen LogP contribution in [0.25, 0.3) is 0 Å². The molecular weight excluding hydrogens is 317 g/mol. The SMILES string of the molecule is CC1(CNc2ccc(C(F)(F)F)c(C(N)=S)c2)CCCS1. The normalized spacial score (nSPS) is 22.3. The maximum Gasteiger partial charge on any atom is 0.417 e. The molecule has 1 fully saturated rings. The van der Waals surface area contributed by atoms with E-state index in [2.05, 4.69) is 12.2 Å². The fourth-order valence-corrected chi connectivity index (χ4v) is 3.78. The van der Waals surface area contributed by atoms with Gasteiger partial charge in [-0.3, -0.25) is 0 Å². The minimum absolute atomic E-state index is 0.131. The Kier molecular flexibility index (Phi) is 4.72.